The summed E-state index contributed by atoms with van der Waals surface area (Å²) >= 11 is 11.9. The van der Waals surface area contributed by atoms with Crippen LogP contribution >= 0.6 is 23.2 Å². The van der Waals surface area contributed by atoms with Crippen LogP contribution < -0.4 is 4.74 Å². The smallest absolute Gasteiger partial charge is 0.242 e. The number of benzene rings is 2. The molecule has 118 valence electrons. The summed E-state index contributed by atoms with van der Waals surface area (Å²) in [6.45, 7) is 0.206. The van der Waals surface area contributed by atoms with Crippen LogP contribution in [0.3, 0.4) is 0 Å². The van der Waals surface area contributed by atoms with E-state index in [1.807, 2.05) is 0 Å². The first-order valence-electron chi connectivity index (χ1n) is 6.40. The zero-order valence-electron chi connectivity index (χ0n) is 12.1. The summed E-state index contributed by atoms with van der Waals surface area (Å²) in [5.41, 5.74) is 0.731. The van der Waals surface area contributed by atoms with Gasteiger partial charge in [0.15, 0.2) is 0 Å². The number of nitrogens with zero attached hydrogens (tertiary/aromatic N) is 1. The van der Waals surface area contributed by atoms with Crippen molar-refractivity contribution in [1.29, 1.82) is 0 Å². The van der Waals surface area contributed by atoms with Crippen molar-refractivity contribution in [3.63, 3.8) is 0 Å². The van der Waals surface area contributed by atoms with E-state index in [4.69, 9.17) is 27.9 Å². The Morgan fingerprint density at radius 1 is 1.09 bits per heavy atom. The van der Waals surface area contributed by atoms with Gasteiger partial charge in [-0.15, -0.1) is 0 Å². The first-order valence-corrected chi connectivity index (χ1v) is 8.59. The molecule has 0 aromatic heterocycles. The third-order valence-corrected chi connectivity index (χ3v) is 5.31. The topological polar surface area (TPSA) is 46.6 Å². The maximum atomic E-state index is 12.1. The molecule has 0 fully saturated rings. The number of rotatable bonds is 5. The SMILES string of the molecule is CN(C)S(=O)(=O)c1cccc(COc2ccc(Cl)cc2Cl)c1. The summed E-state index contributed by atoms with van der Waals surface area (Å²) in [6, 6.07) is 11.5. The van der Waals surface area contributed by atoms with Gasteiger partial charge in [0, 0.05) is 19.1 Å². The van der Waals surface area contributed by atoms with Gasteiger partial charge in [0.25, 0.3) is 0 Å². The van der Waals surface area contributed by atoms with Crippen LogP contribution in [0.15, 0.2) is 47.4 Å². The van der Waals surface area contributed by atoms with E-state index in [-0.39, 0.29) is 11.5 Å². The van der Waals surface area contributed by atoms with E-state index in [2.05, 4.69) is 0 Å². The Kier molecular flexibility index (Phi) is 5.34. The first kappa shape index (κ1) is 17.1. The number of hydrogen-bond acceptors (Lipinski definition) is 3. The molecule has 0 atom stereocenters. The Balaban J connectivity index is 2.18. The summed E-state index contributed by atoms with van der Waals surface area (Å²) in [5.74, 6) is 0.493. The summed E-state index contributed by atoms with van der Waals surface area (Å²) in [7, 11) is -0.478. The monoisotopic (exact) mass is 359 g/mol. The molecule has 0 bridgehead atoms. The zero-order valence-corrected chi connectivity index (χ0v) is 14.4. The van der Waals surface area contributed by atoms with E-state index in [0.717, 1.165) is 5.56 Å². The number of ether oxygens (including phenoxy) is 1. The summed E-state index contributed by atoms with van der Waals surface area (Å²) < 4.78 is 31.0. The summed E-state index contributed by atoms with van der Waals surface area (Å²) in [5, 5.41) is 0.931. The van der Waals surface area contributed by atoms with Crippen molar-refractivity contribution in [2.75, 3.05) is 14.1 Å². The quantitative estimate of drug-likeness (QED) is 0.814. The fourth-order valence-corrected chi connectivity index (χ4v) is 3.20. The molecule has 2 aromatic rings. The van der Waals surface area contributed by atoms with Crippen LogP contribution in [-0.4, -0.2) is 26.8 Å². The highest BCUT2D eigenvalue weighted by atomic mass is 35.5. The lowest BCUT2D eigenvalue weighted by atomic mass is 10.2. The van der Waals surface area contributed by atoms with Gasteiger partial charge in [0.2, 0.25) is 10.0 Å². The second kappa shape index (κ2) is 6.87. The second-order valence-corrected chi connectivity index (χ2v) is 7.79. The van der Waals surface area contributed by atoms with Crippen molar-refractivity contribution in [1.82, 2.24) is 4.31 Å². The highest BCUT2D eigenvalue weighted by Gasteiger charge is 2.17. The van der Waals surface area contributed by atoms with E-state index in [1.165, 1.54) is 18.4 Å². The normalized spacial score (nSPS) is 11.7. The predicted octanol–water partition coefficient (Wildman–Crippen LogP) is 3.82. The highest BCUT2D eigenvalue weighted by Crippen LogP contribution is 2.28. The van der Waals surface area contributed by atoms with Crippen LogP contribution in [0.25, 0.3) is 0 Å². The minimum atomic E-state index is -3.46. The molecule has 22 heavy (non-hydrogen) atoms. The molecular formula is C15H15Cl2NO3S. The number of halogens is 2. The lowest BCUT2D eigenvalue weighted by Crippen LogP contribution is -2.22. The van der Waals surface area contributed by atoms with Crippen LogP contribution in [0.1, 0.15) is 5.56 Å². The van der Waals surface area contributed by atoms with Gasteiger partial charge in [-0.2, -0.15) is 0 Å². The molecule has 7 heteroatoms. The van der Waals surface area contributed by atoms with E-state index in [0.29, 0.717) is 15.8 Å². The van der Waals surface area contributed by atoms with Gasteiger partial charge in [0.1, 0.15) is 12.4 Å². The predicted molar refractivity (Wildman–Crippen MR) is 88.1 cm³/mol. The highest BCUT2D eigenvalue weighted by molar-refractivity contribution is 7.89. The average molecular weight is 360 g/mol. The Labute approximate surface area is 140 Å². The van der Waals surface area contributed by atoms with E-state index >= 15 is 0 Å². The largest absolute Gasteiger partial charge is 0.487 e. The molecule has 0 aliphatic carbocycles. The maximum Gasteiger partial charge on any atom is 0.242 e. The van der Waals surface area contributed by atoms with Crippen LogP contribution in [0.5, 0.6) is 5.75 Å². The van der Waals surface area contributed by atoms with E-state index in [9.17, 15) is 8.42 Å². The van der Waals surface area contributed by atoms with E-state index in [1.54, 1.807) is 42.5 Å². The third-order valence-electron chi connectivity index (χ3n) is 2.97. The van der Waals surface area contributed by atoms with Crippen LogP contribution in [-0.2, 0) is 16.6 Å². The van der Waals surface area contributed by atoms with Crippen molar-refractivity contribution < 1.29 is 13.2 Å². The average Bonchev–Trinajstić information content (AvgIpc) is 2.46. The number of sulfonamides is 1. The van der Waals surface area contributed by atoms with Gasteiger partial charge < -0.3 is 4.74 Å². The maximum absolute atomic E-state index is 12.1. The molecule has 4 nitrogen and oxygen atoms in total. The molecule has 0 spiro atoms. The first-order chi connectivity index (χ1) is 10.3. The van der Waals surface area contributed by atoms with Crippen molar-refractivity contribution in [3.8, 4) is 5.75 Å². The minimum Gasteiger partial charge on any atom is -0.487 e. The third kappa shape index (κ3) is 3.93. The van der Waals surface area contributed by atoms with Gasteiger partial charge in [-0.05, 0) is 35.9 Å². The van der Waals surface area contributed by atoms with E-state index < -0.39 is 10.0 Å². The molecule has 0 unspecified atom stereocenters. The molecule has 0 amide bonds. The fourth-order valence-electron chi connectivity index (χ4n) is 1.76. The standard InChI is InChI=1S/C15H15Cl2NO3S/c1-18(2)22(19,20)13-5-3-4-11(8-13)10-21-15-7-6-12(16)9-14(15)17/h3-9H,10H2,1-2H3. The Hall–Kier alpha value is -1.27. The van der Waals surface area contributed by atoms with Gasteiger partial charge in [-0.25, -0.2) is 12.7 Å². The molecular weight excluding hydrogens is 345 g/mol. The lowest BCUT2D eigenvalue weighted by Gasteiger charge is -2.13. The fraction of sp³-hybridized carbons (Fsp3) is 0.200. The molecule has 0 heterocycles. The van der Waals surface area contributed by atoms with Crippen molar-refractivity contribution >= 4 is 33.2 Å². The number of hydrogen-bond donors (Lipinski definition) is 0. The lowest BCUT2D eigenvalue weighted by molar-refractivity contribution is 0.306. The molecule has 0 radical (unpaired) electrons. The van der Waals surface area contributed by atoms with Crippen LogP contribution in [0, 0.1) is 0 Å². The van der Waals surface area contributed by atoms with Gasteiger partial charge in [-0.3, -0.25) is 0 Å². The summed E-state index contributed by atoms with van der Waals surface area (Å²) in [4.78, 5) is 0.223. The van der Waals surface area contributed by atoms with Crippen LogP contribution in [0.2, 0.25) is 10.0 Å². The van der Waals surface area contributed by atoms with Crippen molar-refractivity contribution in [2.45, 2.75) is 11.5 Å². The molecule has 2 aromatic carbocycles. The van der Waals surface area contributed by atoms with Gasteiger partial charge in [0.05, 0.1) is 9.92 Å². The second-order valence-electron chi connectivity index (χ2n) is 4.80. The zero-order chi connectivity index (χ0) is 16.3. The molecule has 0 aliphatic heterocycles. The Bertz CT molecular complexity index is 776. The van der Waals surface area contributed by atoms with Gasteiger partial charge >= 0.3 is 0 Å². The minimum absolute atomic E-state index is 0.206. The molecule has 0 saturated carbocycles. The van der Waals surface area contributed by atoms with Crippen LogP contribution in [0.4, 0.5) is 0 Å². The molecule has 0 saturated heterocycles. The van der Waals surface area contributed by atoms with Crippen molar-refractivity contribution in [2.24, 2.45) is 0 Å². The molecule has 0 N–H and O–H groups in total. The molecule has 2 rings (SSSR count). The van der Waals surface area contributed by atoms with Crippen molar-refractivity contribution in [3.05, 3.63) is 58.1 Å². The summed E-state index contributed by atoms with van der Waals surface area (Å²) in [6.07, 6.45) is 0. The Morgan fingerprint density at radius 3 is 2.45 bits per heavy atom. The Morgan fingerprint density at radius 2 is 1.82 bits per heavy atom. The van der Waals surface area contributed by atoms with Gasteiger partial charge in [-0.1, -0.05) is 35.3 Å². The molecule has 0 aliphatic rings.